The molecule has 4 nitrogen and oxygen atoms in total. The minimum atomic E-state index is 0.355. The summed E-state index contributed by atoms with van der Waals surface area (Å²) in [4.78, 5) is 12.1. The van der Waals surface area contributed by atoms with Gasteiger partial charge in [-0.25, -0.2) is 4.98 Å². The van der Waals surface area contributed by atoms with Crippen molar-refractivity contribution in [3.63, 3.8) is 0 Å². The van der Waals surface area contributed by atoms with E-state index in [2.05, 4.69) is 68.3 Å². The predicted octanol–water partition coefficient (Wildman–Crippen LogP) is 4.83. The van der Waals surface area contributed by atoms with Crippen LogP contribution in [0.15, 0.2) is 35.9 Å². The number of para-hydroxylation sites is 1. The maximum Gasteiger partial charge on any atom is 0.225 e. The number of rotatable bonds is 5. The Bertz CT molecular complexity index is 851. The SMILES string of the molecule is CC(C)=CC1C(CNc2nc(N3CCSCC3)c3ccccc3n2)C1(C)C. The highest BCUT2D eigenvalue weighted by Gasteiger charge is 2.55. The molecule has 1 aromatic carbocycles. The quantitative estimate of drug-likeness (QED) is 0.750. The highest BCUT2D eigenvalue weighted by molar-refractivity contribution is 7.99. The van der Waals surface area contributed by atoms with Crippen molar-refractivity contribution in [1.82, 2.24) is 9.97 Å². The van der Waals surface area contributed by atoms with Crippen molar-refractivity contribution in [1.29, 1.82) is 0 Å². The van der Waals surface area contributed by atoms with E-state index >= 15 is 0 Å². The van der Waals surface area contributed by atoms with Crippen molar-refractivity contribution in [3.8, 4) is 0 Å². The van der Waals surface area contributed by atoms with Crippen molar-refractivity contribution >= 4 is 34.4 Å². The van der Waals surface area contributed by atoms with Crippen LogP contribution in [0.5, 0.6) is 0 Å². The van der Waals surface area contributed by atoms with Crippen LogP contribution in [-0.4, -0.2) is 41.1 Å². The van der Waals surface area contributed by atoms with Crippen LogP contribution in [0.2, 0.25) is 0 Å². The van der Waals surface area contributed by atoms with E-state index in [1.165, 1.54) is 17.1 Å². The zero-order chi connectivity index (χ0) is 19.0. The summed E-state index contributed by atoms with van der Waals surface area (Å²) in [7, 11) is 0. The van der Waals surface area contributed by atoms with Crippen molar-refractivity contribution < 1.29 is 0 Å². The fraction of sp³-hybridized carbons (Fsp3) is 0.545. The Hall–Kier alpha value is -1.75. The Morgan fingerprint density at radius 3 is 2.70 bits per heavy atom. The lowest BCUT2D eigenvalue weighted by Crippen LogP contribution is -2.33. The van der Waals surface area contributed by atoms with E-state index in [0.29, 0.717) is 17.3 Å². The van der Waals surface area contributed by atoms with Crippen LogP contribution >= 0.6 is 11.8 Å². The van der Waals surface area contributed by atoms with Gasteiger partial charge in [-0.15, -0.1) is 0 Å². The van der Waals surface area contributed by atoms with Crippen molar-refractivity contribution in [2.45, 2.75) is 27.7 Å². The molecule has 0 spiro atoms. The van der Waals surface area contributed by atoms with E-state index in [1.807, 2.05) is 11.8 Å². The third-order valence-electron chi connectivity index (χ3n) is 6.03. The standard InChI is InChI=1S/C22H30N4S/c1-15(2)13-17-18(22(17,3)4)14-23-21-24-19-8-6-5-7-16(19)20(25-21)26-9-11-27-12-10-26/h5-8,13,17-18H,9-12,14H2,1-4H3,(H,23,24,25). The molecule has 0 radical (unpaired) electrons. The Morgan fingerprint density at radius 1 is 1.22 bits per heavy atom. The van der Waals surface area contributed by atoms with Crippen molar-refractivity contribution in [3.05, 3.63) is 35.9 Å². The lowest BCUT2D eigenvalue weighted by Gasteiger charge is -2.28. The van der Waals surface area contributed by atoms with Crippen LogP contribution in [-0.2, 0) is 0 Å². The molecule has 1 N–H and O–H groups in total. The first-order chi connectivity index (χ1) is 13.0. The zero-order valence-corrected chi connectivity index (χ0v) is 17.6. The van der Waals surface area contributed by atoms with E-state index in [-0.39, 0.29) is 0 Å². The maximum atomic E-state index is 4.94. The van der Waals surface area contributed by atoms with Crippen molar-refractivity contribution in [2.24, 2.45) is 17.3 Å². The molecule has 1 aromatic heterocycles. The normalized spacial score (nSPS) is 23.9. The number of allylic oxidation sites excluding steroid dienone is 2. The summed E-state index contributed by atoms with van der Waals surface area (Å²) in [6.45, 7) is 12.1. The molecule has 1 saturated carbocycles. The molecule has 27 heavy (non-hydrogen) atoms. The second kappa shape index (κ2) is 7.34. The van der Waals surface area contributed by atoms with Gasteiger partial charge in [-0.2, -0.15) is 16.7 Å². The first-order valence-electron chi connectivity index (χ1n) is 9.95. The smallest absolute Gasteiger partial charge is 0.225 e. The zero-order valence-electron chi connectivity index (χ0n) is 16.8. The number of nitrogens with one attached hydrogen (secondary N) is 1. The molecule has 2 heterocycles. The molecule has 2 aliphatic rings. The first kappa shape index (κ1) is 18.6. The fourth-order valence-electron chi connectivity index (χ4n) is 4.22. The summed E-state index contributed by atoms with van der Waals surface area (Å²) in [5.41, 5.74) is 2.79. The number of nitrogens with zero attached hydrogens (tertiary/aromatic N) is 3. The summed E-state index contributed by atoms with van der Waals surface area (Å²) in [5, 5.41) is 4.71. The van der Waals surface area contributed by atoms with E-state index in [9.17, 15) is 0 Å². The molecule has 1 saturated heterocycles. The minimum absolute atomic E-state index is 0.355. The van der Waals surface area contributed by atoms with Gasteiger partial charge in [0.2, 0.25) is 5.95 Å². The van der Waals surface area contributed by atoms with Gasteiger partial charge in [-0.1, -0.05) is 37.6 Å². The van der Waals surface area contributed by atoms with Gasteiger partial charge in [0.25, 0.3) is 0 Å². The average molecular weight is 383 g/mol. The van der Waals surface area contributed by atoms with Crippen LogP contribution in [0.4, 0.5) is 11.8 Å². The average Bonchev–Trinajstić information content (AvgIpc) is 3.18. The van der Waals surface area contributed by atoms with Crippen LogP contribution in [0.3, 0.4) is 0 Å². The van der Waals surface area contributed by atoms with E-state index in [1.54, 1.807) is 0 Å². The summed E-state index contributed by atoms with van der Waals surface area (Å²) in [6.07, 6.45) is 2.42. The van der Waals surface area contributed by atoms with Gasteiger partial charge in [-0.05, 0) is 43.2 Å². The maximum absolute atomic E-state index is 4.94. The summed E-state index contributed by atoms with van der Waals surface area (Å²) < 4.78 is 0. The fourth-order valence-corrected chi connectivity index (χ4v) is 5.13. The third kappa shape index (κ3) is 3.79. The van der Waals surface area contributed by atoms with E-state index in [4.69, 9.17) is 9.97 Å². The Balaban J connectivity index is 1.56. The van der Waals surface area contributed by atoms with E-state index < -0.39 is 0 Å². The largest absolute Gasteiger partial charge is 0.354 e. The number of thioether (sulfide) groups is 1. The Labute approximate surface area is 166 Å². The molecule has 4 rings (SSSR count). The molecule has 2 aromatic rings. The molecular formula is C22H30N4S. The van der Waals surface area contributed by atoms with Gasteiger partial charge >= 0.3 is 0 Å². The lowest BCUT2D eigenvalue weighted by atomic mass is 10.1. The topological polar surface area (TPSA) is 41.1 Å². The van der Waals surface area contributed by atoms with Crippen LogP contribution in [0.1, 0.15) is 27.7 Å². The second-order valence-corrected chi connectivity index (χ2v) is 9.79. The van der Waals surface area contributed by atoms with Gasteiger partial charge in [0.15, 0.2) is 0 Å². The number of anilines is 2. The van der Waals surface area contributed by atoms with Crippen LogP contribution in [0, 0.1) is 17.3 Å². The molecular weight excluding hydrogens is 352 g/mol. The van der Waals surface area contributed by atoms with Gasteiger partial charge in [0, 0.05) is 36.5 Å². The number of benzene rings is 1. The molecule has 5 heteroatoms. The third-order valence-corrected chi connectivity index (χ3v) is 6.97. The summed E-state index contributed by atoms with van der Waals surface area (Å²) >= 11 is 2.02. The molecule has 1 aliphatic heterocycles. The minimum Gasteiger partial charge on any atom is -0.354 e. The van der Waals surface area contributed by atoms with Gasteiger partial charge in [0.1, 0.15) is 5.82 Å². The van der Waals surface area contributed by atoms with Crippen molar-refractivity contribution in [2.75, 3.05) is 41.4 Å². The number of hydrogen-bond donors (Lipinski definition) is 1. The van der Waals surface area contributed by atoms with Gasteiger partial charge in [0.05, 0.1) is 5.52 Å². The van der Waals surface area contributed by atoms with Crippen LogP contribution < -0.4 is 10.2 Å². The highest BCUT2D eigenvalue weighted by atomic mass is 32.2. The van der Waals surface area contributed by atoms with E-state index in [0.717, 1.165) is 42.3 Å². The lowest BCUT2D eigenvalue weighted by molar-refractivity contribution is 0.560. The molecule has 0 amide bonds. The number of hydrogen-bond acceptors (Lipinski definition) is 5. The Kier molecular flexibility index (Phi) is 5.06. The van der Waals surface area contributed by atoms with Gasteiger partial charge < -0.3 is 10.2 Å². The van der Waals surface area contributed by atoms with Gasteiger partial charge in [-0.3, -0.25) is 0 Å². The molecule has 2 unspecified atom stereocenters. The molecule has 0 bridgehead atoms. The Morgan fingerprint density at radius 2 is 1.96 bits per heavy atom. The number of fused-ring (bicyclic) bond motifs is 1. The molecule has 2 fully saturated rings. The second-order valence-electron chi connectivity index (χ2n) is 8.57. The predicted molar refractivity (Wildman–Crippen MR) is 118 cm³/mol. The highest BCUT2D eigenvalue weighted by Crippen LogP contribution is 2.59. The number of aromatic nitrogens is 2. The molecule has 2 atom stereocenters. The summed E-state index contributed by atoms with van der Waals surface area (Å²) in [6, 6.07) is 8.38. The molecule has 1 aliphatic carbocycles. The monoisotopic (exact) mass is 382 g/mol. The van der Waals surface area contributed by atoms with Crippen LogP contribution in [0.25, 0.3) is 10.9 Å². The summed E-state index contributed by atoms with van der Waals surface area (Å²) in [5.74, 6) is 5.47. The molecule has 144 valence electrons. The first-order valence-corrected chi connectivity index (χ1v) is 11.1.